The molecule has 2 aromatic heterocycles. The predicted octanol–water partition coefficient (Wildman–Crippen LogP) is 2.71. The Morgan fingerprint density at radius 1 is 1.19 bits per heavy atom. The molecule has 0 radical (unpaired) electrons. The van der Waals surface area contributed by atoms with E-state index in [1.807, 2.05) is 22.9 Å². The second kappa shape index (κ2) is 6.39. The van der Waals surface area contributed by atoms with Gasteiger partial charge in [0.2, 0.25) is 0 Å². The van der Waals surface area contributed by atoms with E-state index in [1.54, 1.807) is 18.6 Å². The third-order valence-electron chi connectivity index (χ3n) is 3.78. The molecule has 110 valence electrons. The predicted molar refractivity (Wildman–Crippen MR) is 79.8 cm³/mol. The zero-order chi connectivity index (χ0) is 14.5. The molecule has 2 amide bonds. The third-order valence-corrected chi connectivity index (χ3v) is 3.78. The van der Waals surface area contributed by atoms with Crippen molar-refractivity contribution in [3.63, 3.8) is 0 Å². The zero-order valence-corrected chi connectivity index (χ0v) is 11.8. The van der Waals surface area contributed by atoms with E-state index in [0.29, 0.717) is 12.6 Å². The maximum atomic E-state index is 12.0. The summed E-state index contributed by atoms with van der Waals surface area (Å²) in [6, 6.07) is 5.79. The highest BCUT2D eigenvalue weighted by atomic mass is 16.2. The van der Waals surface area contributed by atoms with Crippen molar-refractivity contribution in [2.75, 3.05) is 5.32 Å². The molecular weight excluding hydrogens is 266 g/mol. The van der Waals surface area contributed by atoms with E-state index in [2.05, 4.69) is 20.7 Å². The van der Waals surface area contributed by atoms with Gasteiger partial charge in [-0.2, -0.15) is 5.10 Å². The summed E-state index contributed by atoms with van der Waals surface area (Å²) in [5, 5.41) is 10.0. The summed E-state index contributed by atoms with van der Waals surface area (Å²) in [4.78, 5) is 15.9. The lowest BCUT2D eigenvalue weighted by Crippen LogP contribution is -2.29. The van der Waals surface area contributed by atoms with Crippen LogP contribution in [0.15, 0.2) is 36.8 Å². The van der Waals surface area contributed by atoms with Crippen LogP contribution in [-0.4, -0.2) is 20.8 Å². The summed E-state index contributed by atoms with van der Waals surface area (Å²) >= 11 is 0. The van der Waals surface area contributed by atoms with Crippen LogP contribution in [0, 0.1) is 0 Å². The van der Waals surface area contributed by atoms with E-state index >= 15 is 0 Å². The van der Waals surface area contributed by atoms with Crippen molar-refractivity contribution in [1.82, 2.24) is 20.1 Å². The number of nitrogens with one attached hydrogen (secondary N) is 2. The number of pyridine rings is 1. The number of carbonyl (C=O) groups is 1. The summed E-state index contributed by atoms with van der Waals surface area (Å²) in [5.41, 5.74) is 1.02. The molecule has 1 fully saturated rings. The molecule has 0 bridgehead atoms. The number of hydrogen-bond donors (Lipinski definition) is 2. The lowest BCUT2D eigenvalue weighted by atomic mass is 10.2. The molecule has 0 aliphatic heterocycles. The number of urea groups is 1. The lowest BCUT2D eigenvalue weighted by molar-refractivity contribution is 0.251. The number of amides is 2. The van der Waals surface area contributed by atoms with Crippen LogP contribution in [0.5, 0.6) is 0 Å². The van der Waals surface area contributed by atoms with Crippen LogP contribution in [0.1, 0.15) is 37.3 Å². The van der Waals surface area contributed by atoms with Gasteiger partial charge in [-0.3, -0.25) is 10.3 Å². The standard InChI is InChI=1S/C15H19N5O/c21-15(17-11-12-5-8-16-9-6-12)19-14-7-10-18-20(14)13-3-1-2-4-13/h5-10,13H,1-4,11H2,(H2,17,19,21). The second-order valence-electron chi connectivity index (χ2n) is 5.26. The molecule has 0 atom stereocenters. The minimum Gasteiger partial charge on any atom is -0.334 e. The van der Waals surface area contributed by atoms with Crippen LogP contribution in [-0.2, 0) is 6.54 Å². The van der Waals surface area contributed by atoms with E-state index in [-0.39, 0.29) is 6.03 Å². The van der Waals surface area contributed by atoms with Crippen LogP contribution >= 0.6 is 0 Å². The van der Waals surface area contributed by atoms with Crippen molar-refractivity contribution >= 4 is 11.8 Å². The van der Waals surface area contributed by atoms with Crippen molar-refractivity contribution in [2.45, 2.75) is 38.3 Å². The Bertz CT molecular complexity index is 589. The van der Waals surface area contributed by atoms with Gasteiger partial charge in [0.25, 0.3) is 0 Å². The molecule has 0 unspecified atom stereocenters. The van der Waals surface area contributed by atoms with Gasteiger partial charge >= 0.3 is 6.03 Å². The fourth-order valence-electron chi connectivity index (χ4n) is 2.70. The quantitative estimate of drug-likeness (QED) is 0.907. The van der Waals surface area contributed by atoms with Crippen molar-refractivity contribution in [3.8, 4) is 0 Å². The van der Waals surface area contributed by atoms with Gasteiger partial charge in [-0.05, 0) is 30.5 Å². The number of nitrogens with zero attached hydrogens (tertiary/aromatic N) is 3. The first kappa shape index (κ1) is 13.6. The first-order valence-corrected chi connectivity index (χ1v) is 7.30. The van der Waals surface area contributed by atoms with Gasteiger partial charge in [0.05, 0.1) is 12.2 Å². The molecular formula is C15H19N5O. The van der Waals surface area contributed by atoms with Gasteiger partial charge in [0.15, 0.2) is 0 Å². The minimum atomic E-state index is -0.216. The topological polar surface area (TPSA) is 71.8 Å². The first-order valence-electron chi connectivity index (χ1n) is 7.30. The summed E-state index contributed by atoms with van der Waals surface area (Å²) < 4.78 is 1.93. The van der Waals surface area contributed by atoms with E-state index in [4.69, 9.17) is 0 Å². The van der Waals surface area contributed by atoms with E-state index in [9.17, 15) is 4.79 Å². The maximum Gasteiger partial charge on any atom is 0.320 e. The Hall–Kier alpha value is -2.37. The Labute approximate surface area is 123 Å². The molecule has 6 heteroatoms. The molecule has 0 spiro atoms. The fourth-order valence-corrected chi connectivity index (χ4v) is 2.70. The van der Waals surface area contributed by atoms with Crippen LogP contribution in [0.2, 0.25) is 0 Å². The molecule has 2 N–H and O–H groups in total. The molecule has 1 saturated carbocycles. The van der Waals surface area contributed by atoms with E-state index in [0.717, 1.165) is 24.2 Å². The molecule has 1 aliphatic rings. The van der Waals surface area contributed by atoms with Crippen molar-refractivity contribution in [2.24, 2.45) is 0 Å². The highest BCUT2D eigenvalue weighted by molar-refractivity contribution is 5.88. The number of rotatable bonds is 4. The van der Waals surface area contributed by atoms with E-state index < -0.39 is 0 Å². The van der Waals surface area contributed by atoms with Crippen molar-refractivity contribution < 1.29 is 4.79 Å². The molecule has 21 heavy (non-hydrogen) atoms. The number of anilines is 1. The Balaban J connectivity index is 1.56. The van der Waals surface area contributed by atoms with Crippen LogP contribution in [0.3, 0.4) is 0 Å². The zero-order valence-electron chi connectivity index (χ0n) is 11.8. The minimum absolute atomic E-state index is 0.216. The van der Waals surface area contributed by atoms with Crippen molar-refractivity contribution in [3.05, 3.63) is 42.4 Å². The largest absolute Gasteiger partial charge is 0.334 e. The maximum absolute atomic E-state index is 12.0. The SMILES string of the molecule is O=C(NCc1ccncc1)Nc1ccnn1C1CCCC1. The summed E-state index contributed by atoms with van der Waals surface area (Å²) in [7, 11) is 0. The molecule has 1 aliphatic carbocycles. The normalized spacial score (nSPS) is 15.0. The summed E-state index contributed by atoms with van der Waals surface area (Å²) in [6.45, 7) is 0.478. The summed E-state index contributed by atoms with van der Waals surface area (Å²) in [5.74, 6) is 0.758. The monoisotopic (exact) mass is 285 g/mol. The van der Waals surface area contributed by atoms with Crippen molar-refractivity contribution in [1.29, 1.82) is 0 Å². The van der Waals surface area contributed by atoms with Crippen LogP contribution in [0.4, 0.5) is 10.6 Å². The Kier molecular flexibility index (Phi) is 4.14. The lowest BCUT2D eigenvalue weighted by Gasteiger charge is -2.15. The second-order valence-corrected chi connectivity index (χ2v) is 5.26. The highest BCUT2D eigenvalue weighted by Crippen LogP contribution is 2.31. The van der Waals surface area contributed by atoms with Gasteiger partial charge < -0.3 is 5.32 Å². The Morgan fingerprint density at radius 2 is 1.95 bits per heavy atom. The first-order chi connectivity index (χ1) is 10.3. The fraction of sp³-hybridized carbons (Fsp3) is 0.400. The average molecular weight is 285 g/mol. The molecule has 2 heterocycles. The molecule has 6 nitrogen and oxygen atoms in total. The van der Waals surface area contributed by atoms with Gasteiger partial charge in [-0.15, -0.1) is 0 Å². The molecule has 3 rings (SSSR count). The van der Waals surface area contributed by atoms with Gasteiger partial charge in [-0.1, -0.05) is 12.8 Å². The summed E-state index contributed by atoms with van der Waals surface area (Å²) in [6.07, 6.45) is 9.89. The number of hydrogen-bond acceptors (Lipinski definition) is 3. The molecule has 2 aromatic rings. The van der Waals surface area contributed by atoms with Gasteiger partial charge in [-0.25, -0.2) is 9.48 Å². The van der Waals surface area contributed by atoms with Gasteiger partial charge in [0.1, 0.15) is 5.82 Å². The number of carbonyl (C=O) groups excluding carboxylic acids is 1. The average Bonchev–Trinajstić information content (AvgIpc) is 3.17. The van der Waals surface area contributed by atoms with Crippen LogP contribution in [0.25, 0.3) is 0 Å². The third kappa shape index (κ3) is 3.39. The number of aromatic nitrogens is 3. The van der Waals surface area contributed by atoms with E-state index in [1.165, 1.54) is 12.8 Å². The Morgan fingerprint density at radius 3 is 2.71 bits per heavy atom. The van der Waals surface area contributed by atoms with Gasteiger partial charge in [0, 0.05) is 25.0 Å². The highest BCUT2D eigenvalue weighted by Gasteiger charge is 2.20. The van der Waals surface area contributed by atoms with Crippen LogP contribution < -0.4 is 10.6 Å². The molecule has 0 aromatic carbocycles. The smallest absolute Gasteiger partial charge is 0.320 e. The molecule has 0 saturated heterocycles.